The van der Waals surface area contributed by atoms with Gasteiger partial charge in [-0.1, -0.05) is 0 Å². The average Bonchev–Trinajstić information content (AvgIpc) is 3.25. The molecule has 2 aromatic rings. The number of hydrogen-bond acceptors (Lipinski definition) is 6. The van der Waals surface area contributed by atoms with E-state index in [9.17, 15) is 10.1 Å². The number of carbonyl (C=O) groups is 1. The first-order chi connectivity index (χ1) is 13.4. The number of hydrazine groups is 1. The van der Waals surface area contributed by atoms with Gasteiger partial charge in [-0.25, -0.2) is 5.43 Å². The first kappa shape index (κ1) is 18.1. The van der Waals surface area contributed by atoms with E-state index in [1.54, 1.807) is 6.92 Å². The third kappa shape index (κ3) is 3.32. The van der Waals surface area contributed by atoms with Crippen molar-refractivity contribution in [1.29, 1.82) is 5.26 Å². The van der Waals surface area contributed by atoms with Crippen LogP contribution in [0.2, 0.25) is 0 Å². The van der Waals surface area contributed by atoms with Crippen LogP contribution in [0.3, 0.4) is 0 Å². The van der Waals surface area contributed by atoms with Crippen molar-refractivity contribution < 1.29 is 4.79 Å². The average molecular weight is 377 g/mol. The lowest BCUT2D eigenvalue weighted by atomic mass is 10.0. The molecule has 0 radical (unpaired) electrons. The van der Waals surface area contributed by atoms with Gasteiger partial charge in [0.25, 0.3) is 0 Å². The second-order valence-electron chi connectivity index (χ2n) is 7.22. The van der Waals surface area contributed by atoms with E-state index in [-0.39, 0.29) is 5.91 Å². The Morgan fingerprint density at radius 2 is 2.14 bits per heavy atom. The number of carbonyl (C=O) groups excluding carboxylic acids is 1. The molecule has 1 aromatic carbocycles. The highest BCUT2D eigenvalue weighted by molar-refractivity contribution is 5.76. The normalized spacial score (nSPS) is 15.9. The van der Waals surface area contributed by atoms with Gasteiger partial charge in [0.15, 0.2) is 5.82 Å². The lowest BCUT2D eigenvalue weighted by molar-refractivity contribution is -0.129. The van der Waals surface area contributed by atoms with E-state index in [0.29, 0.717) is 18.7 Å². The summed E-state index contributed by atoms with van der Waals surface area (Å²) in [7, 11) is 3.87. The van der Waals surface area contributed by atoms with Gasteiger partial charge in [0.1, 0.15) is 0 Å². The largest absolute Gasteiger partial charge is 0.338 e. The number of nitrogens with zero attached hydrogens (tertiary/aromatic N) is 5. The number of aryl methyl sites for hydroxylation is 1. The standard InChI is InChI=1S/C20H23N7O/c1-13(28)27-5-4-19-18(12-27)20(24-26(19)3)23-17-7-14(9-21)6-15(8-17)16-10-22-25(2)11-16/h6-8,11,22H,4-5,10,12H2,1-3H3,(H,23,24). The predicted octanol–water partition coefficient (Wildman–Crippen LogP) is 1.73. The van der Waals surface area contributed by atoms with E-state index in [1.165, 1.54) is 0 Å². The Hall–Kier alpha value is -3.31. The molecule has 1 amide bonds. The van der Waals surface area contributed by atoms with Crippen molar-refractivity contribution in [3.8, 4) is 6.07 Å². The molecule has 8 nitrogen and oxygen atoms in total. The Balaban J connectivity index is 1.68. The Morgan fingerprint density at radius 1 is 1.32 bits per heavy atom. The minimum absolute atomic E-state index is 0.0685. The summed E-state index contributed by atoms with van der Waals surface area (Å²) in [4.78, 5) is 13.6. The van der Waals surface area contributed by atoms with E-state index in [1.807, 2.05) is 53.1 Å². The third-order valence-electron chi connectivity index (χ3n) is 5.25. The van der Waals surface area contributed by atoms with Crippen molar-refractivity contribution in [2.45, 2.75) is 19.9 Å². The number of nitriles is 1. The van der Waals surface area contributed by atoms with E-state index in [2.05, 4.69) is 21.9 Å². The van der Waals surface area contributed by atoms with Gasteiger partial charge >= 0.3 is 0 Å². The molecule has 8 heteroatoms. The van der Waals surface area contributed by atoms with Gasteiger partial charge in [-0.2, -0.15) is 10.4 Å². The van der Waals surface area contributed by atoms with E-state index in [0.717, 1.165) is 46.9 Å². The van der Waals surface area contributed by atoms with Gasteiger partial charge in [0.05, 0.1) is 18.2 Å². The SMILES string of the molecule is CC(=O)N1CCc2c(c(Nc3cc(C#N)cc(C4=CN(C)NC4)c3)nn2C)C1. The highest BCUT2D eigenvalue weighted by atomic mass is 16.2. The molecule has 0 saturated carbocycles. The Morgan fingerprint density at radius 3 is 2.82 bits per heavy atom. The minimum atomic E-state index is 0.0685. The number of aromatic nitrogens is 2. The topological polar surface area (TPSA) is 89.2 Å². The number of anilines is 2. The summed E-state index contributed by atoms with van der Waals surface area (Å²) >= 11 is 0. The smallest absolute Gasteiger partial charge is 0.219 e. The Kier molecular flexibility index (Phi) is 4.53. The molecule has 2 aliphatic rings. The molecule has 2 aliphatic heterocycles. The second kappa shape index (κ2) is 7.02. The molecule has 0 unspecified atom stereocenters. The van der Waals surface area contributed by atoms with Crippen LogP contribution >= 0.6 is 0 Å². The van der Waals surface area contributed by atoms with Gasteiger partial charge in [0.2, 0.25) is 5.91 Å². The van der Waals surface area contributed by atoms with Crippen LogP contribution in [0, 0.1) is 11.3 Å². The molecular formula is C20H23N7O. The van der Waals surface area contributed by atoms with Crippen LogP contribution in [0.5, 0.6) is 0 Å². The van der Waals surface area contributed by atoms with Crippen LogP contribution in [0.15, 0.2) is 24.4 Å². The Labute approximate surface area is 164 Å². The molecule has 0 saturated heterocycles. The first-order valence-electron chi connectivity index (χ1n) is 9.24. The van der Waals surface area contributed by atoms with Crippen LogP contribution in [0.1, 0.15) is 29.3 Å². The van der Waals surface area contributed by atoms with Crippen LogP contribution in [0.4, 0.5) is 11.5 Å². The van der Waals surface area contributed by atoms with Crippen LogP contribution in [-0.2, 0) is 24.8 Å². The van der Waals surface area contributed by atoms with Crippen LogP contribution < -0.4 is 10.7 Å². The Bertz CT molecular complexity index is 1010. The molecule has 0 bridgehead atoms. The van der Waals surface area contributed by atoms with Crippen molar-refractivity contribution in [1.82, 2.24) is 25.1 Å². The predicted molar refractivity (Wildman–Crippen MR) is 106 cm³/mol. The zero-order valence-electron chi connectivity index (χ0n) is 16.3. The highest BCUT2D eigenvalue weighted by Crippen LogP contribution is 2.30. The summed E-state index contributed by atoms with van der Waals surface area (Å²) in [5, 5.41) is 19.4. The van der Waals surface area contributed by atoms with Crippen molar-refractivity contribution in [2.75, 3.05) is 25.5 Å². The third-order valence-corrected chi connectivity index (χ3v) is 5.25. The summed E-state index contributed by atoms with van der Waals surface area (Å²) < 4.78 is 1.88. The number of amides is 1. The lowest BCUT2D eigenvalue weighted by Crippen LogP contribution is -2.34. The summed E-state index contributed by atoms with van der Waals surface area (Å²) in [6.45, 7) is 3.57. The fourth-order valence-corrected chi connectivity index (χ4v) is 3.76. The molecule has 0 fully saturated rings. The molecule has 4 rings (SSSR count). The molecule has 0 aliphatic carbocycles. The van der Waals surface area contributed by atoms with Gasteiger partial charge in [-0.15, -0.1) is 0 Å². The van der Waals surface area contributed by atoms with Crippen molar-refractivity contribution in [3.05, 3.63) is 46.8 Å². The molecule has 3 heterocycles. The van der Waals surface area contributed by atoms with E-state index in [4.69, 9.17) is 0 Å². The lowest BCUT2D eigenvalue weighted by Gasteiger charge is -2.26. The summed E-state index contributed by atoms with van der Waals surface area (Å²) in [5.41, 5.74) is 8.91. The second-order valence-corrected chi connectivity index (χ2v) is 7.22. The molecular weight excluding hydrogens is 354 g/mol. The maximum absolute atomic E-state index is 11.8. The molecule has 0 spiro atoms. The highest BCUT2D eigenvalue weighted by Gasteiger charge is 2.25. The molecule has 144 valence electrons. The zero-order chi connectivity index (χ0) is 19.8. The molecule has 0 atom stereocenters. The van der Waals surface area contributed by atoms with Gasteiger partial charge in [0, 0.05) is 63.7 Å². The molecule has 1 aromatic heterocycles. The van der Waals surface area contributed by atoms with Gasteiger partial charge in [-0.05, 0) is 29.3 Å². The molecule has 2 N–H and O–H groups in total. The zero-order valence-corrected chi connectivity index (χ0v) is 16.3. The first-order valence-corrected chi connectivity index (χ1v) is 9.24. The number of rotatable bonds is 3. The van der Waals surface area contributed by atoms with Crippen molar-refractivity contribution >= 4 is 23.0 Å². The maximum Gasteiger partial charge on any atom is 0.219 e. The number of hydrogen-bond donors (Lipinski definition) is 2. The monoisotopic (exact) mass is 377 g/mol. The van der Waals surface area contributed by atoms with Crippen molar-refractivity contribution in [3.63, 3.8) is 0 Å². The van der Waals surface area contributed by atoms with Crippen LogP contribution in [-0.4, -0.2) is 45.7 Å². The number of benzene rings is 1. The van der Waals surface area contributed by atoms with Gasteiger partial charge < -0.3 is 15.2 Å². The minimum Gasteiger partial charge on any atom is -0.338 e. The van der Waals surface area contributed by atoms with Crippen molar-refractivity contribution in [2.24, 2.45) is 7.05 Å². The summed E-state index contributed by atoms with van der Waals surface area (Å²) in [6, 6.07) is 7.98. The fourth-order valence-electron chi connectivity index (χ4n) is 3.76. The summed E-state index contributed by atoms with van der Waals surface area (Å²) in [6.07, 6.45) is 2.81. The fraction of sp³-hybridized carbons (Fsp3) is 0.350. The maximum atomic E-state index is 11.8. The number of nitrogens with one attached hydrogen (secondary N) is 2. The summed E-state index contributed by atoms with van der Waals surface area (Å²) in [5.74, 6) is 0.805. The number of fused-ring (bicyclic) bond motifs is 1. The van der Waals surface area contributed by atoms with E-state index >= 15 is 0 Å². The quantitative estimate of drug-likeness (QED) is 0.847. The van der Waals surface area contributed by atoms with E-state index < -0.39 is 0 Å². The van der Waals surface area contributed by atoms with Gasteiger partial charge in [-0.3, -0.25) is 9.48 Å². The molecule has 28 heavy (non-hydrogen) atoms. The van der Waals surface area contributed by atoms with Crippen LogP contribution in [0.25, 0.3) is 5.57 Å².